The van der Waals surface area contributed by atoms with E-state index >= 15 is 0 Å². The molecule has 0 saturated carbocycles. The zero-order valence-corrected chi connectivity index (χ0v) is 12.3. The highest BCUT2D eigenvalue weighted by Gasteiger charge is 2.40. The maximum absolute atomic E-state index is 12.2. The van der Waals surface area contributed by atoms with Gasteiger partial charge in [0, 0.05) is 26.0 Å². The molecule has 20 heavy (non-hydrogen) atoms. The van der Waals surface area contributed by atoms with Crippen molar-refractivity contribution in [3.8, 4) is 5.75 Å². The van der Waals surface area contributed by atoms with Gasteiger partial charge in [0.25, 0.3) is 5.91 Å². The van der Waals surface area contributed by atoms with Crippen molar-refractivity contribution in [2.75, 3.05) is 32.0 Å². The molecule has 1 aromatic rings. The number of ether oxygens (including phenoxy) is 1. The first-order valence-electron chi connectivity index (χ1n) is 5.92. The van der Waals surface area contributed by atoms with Gasteiger partial charge in [0.15, 0.2) is 0 Å². The number of benzene rings is 1. The van der Waals surface area contributed by atoms with Crippen LogP contribution >= 0.6 is 0 Å². The average molecular weight is 296 g/mol. The summed E-state index contributed by atoms with van der Waals surface area (Å²) in [6.45, 7) is 0. The number of sulfone groups is 1. The minimum Gasteiger partial charge on any atom is -0.497 e. The third-order valence-corrected chi connectivity index (χ3v) is 4.40. The number of hydrogen-bond acceptors (Lipinski definition) is 5. The van der Waals surface area contributed by atoms with E-state index in [2.05, 4.69) is 0 Å². The molecule has 7 heteroatoms. The smallest absolute Gasteiger partial charge is 0.272 e. The molecule has 1 heterocycles. The van der Waals surface area contributed by atoms with Crippen molar-refractivity contribution >= 4 is 21.4 Å². The molecule has 1 saturated heterocycles. The van der Waals surface area contributed by atoms with Crippen LogP contribution in [0.1, 0.15) is 0 Å². The van der Waals surface area contributed by atoms with Crippen LogP contribution < -0.4 is 9.64 Å². The third kappa shape index (κ3) is 2.62. The summed E-state index contributed by atoms with van der Waals surface area (Å²) in [5.41, 5.74) is 0.529. The SMILES string of the molecule is COc1ccc(N2CS(=O)(=O)/C(=C/N(C)C)C2=O)cc1. The van der Waals surface area contributed by atoms with Gasteiger partial charge in [-0.15, -0.1) is 0 Å². The molecule has 1 amide bonds. The van der Waals surface area contributed by atoms with Crippen molar-refractivity contribution in [3.63, 3.8) is 0 Å². The molecule has 0 aromatic heterocycles. The van der Waals surface area contributed by atoms with Crippen LogP contribution in [-0.2, 0) is 14.6 Å². The van der Waals surface area contributed by atoms with Crippen LogP contribution in [0.2, 0.25) is 0 Å². The number of nitrogens with zero attached hydrogens (tertiary/aromatic N) is 2. The molecule has 1 aromatic carbocycles. The Morgan fingerprint density at radius 1 is 1.25 bits per heavy atom. The minimum absolute atomic E-state index is 0.182. The number of carbonyl (C=O) groups is 1. The molecular formula is C13H16N2O4S. The fourth-order valence-corrected chi connectivity index (χ4v) is 3.38. The summed E-state index contributed by atoms with van der Waals surface area (Å²) in [4.78, 5) is 14.8. The predicted octanol–water partition coefficient (Wildman–Crippen LogP) is 0.817. The lowest BCUT2D eigenvalue weighted by Gasteiger charge is -2.14. The normalized spacial score (nSPS) is 19.4. The van der Waals surface area contributed by atoms with Gasteiger partial charge in [-0.1, -0.05) is 0 Å². The Morgan fingerprint density at radius 2 is 1.85 bits per heavy atom. The lowest BCUT2D eigenvalue weighted by atomic mass is 10.3. The molecule has 0 radical (unpaired) electrons. The molecule has 0 aliphatic carbocycles. The van der Waals surface area contributed by atoms with E-state index in [-0.39, 0.29) is 10.8 Å². The molecule has 1 aliphatic rings. The quantitative estimate of drug-likeness (QED) is 0.773. The Balaban J connectivity index is 2.38. The second-order valence-electron chi connectivity index (χ2n) is 4.63. The summed E-state index contributed by atoms with van der Waals surface area (Å²) in [6, 6.07) is 6.68. The lowest BCUT2D eigenvalue weighted by molar-refractivity contribution is -0.114. The highest BCUT2D eigenvalue weighted by molar-refractivity contribution is 7.97. The monoisotopic (exact) mass is 296 g/mol. The van der Waals surface area contributed by atoms with Gasteiger partial charge in [-0.3, -0.25) is 9.69 Å². The molecule has 0 N–H and O–H groups in total. The topological polar surface area (TPSA) is 66.9 Å². The van der Waals surface area contributed by atoms with E-state index in [9.17, 15) is 13.2 Å². The molecular weight excluding hydrogens is 280 g/mol. The molecule has 0 atom stereocenters. The highest BCUT2D eigenvalue weighted by atomic mass is 32.2. The number of rotatable bonds is 3. The summed E-state index contributed by atoms with van der Waals surface area (Å²) < 4.78 is 29.1. The van der Waals surface area contributed by atoms with Crippen LogP contribution in [0, 0.1) is 0 Å². The van der Waals surface area contributed by atoms with Gasteiger partial charge >= 0.3 is 0 Å². The van der Waals surface area contributed by atoms with Gasteiger partial charge in [-0.05, 0) is 24.3 Å². The Morgan fingerprint density at radius 3 is 2.35 bits per heavy atom. The fraction of sp³-hybridized carbons (Fsp3) is 0.308. The summed E-state index contributed by atoms with van der Waals surface area (Å²) in [5, 5.41) is 0. The standard InChI is InChI=1S/C13H16N2O4S/c1-14(2)8-12-13(16)15(9-20(12,17)18)10-4-6-11(19-3)7-5-10/h4-8H,9H2,1-3H3/b12-8+. The molecule has 0 spiro atoms. The van der Waals surface area contributed by atoms with Crippen LogP contribution in [0.5, 0.6) is 5.75 Å². The van der Waals surface area contributed by atoms with Crippen molar-refractivity contribution < 1.29 is 17.9 Å². The van der Waals surface area contributed by atoms with Gasteiger partial charge in [0.05, 0.1) is 7.11 Å². The van der Waals surface area contributed by atoms with Crippen molar-refractivity contribution in [1.82, 2.24) is 4.90 Å². The van der Waals surface area contributed by atoms with E-state index < -0.39 is 15.7 Å². The number of carbonyl (C=O) groups excluding carboxylic acids is 1. The van der Waals surface area contributed by atoms with Gasteiger partial charge in [-0.25, -0.2) is 8.42 Å². The van der Waals surface area contributed by atoms with Gasteiger partial charge < -0.3 is 9.64 Å². The number of anilines is 1. The van der Waals surface area contributed by atoms with Gasteiger partial charge in [0.2, 0.25) is 9.84 Å². The molecule has 2 rings (SSSR count). The van der Waals surface area contributed by atoms with E-state index in [4.69, 9.17) is 4.74 Å². The summed E-state index contributed by atoms with van der Waals surface area (Å²) in [7, 11) is 1.31. The van der Waals surface area contributed by atoms with Crippen LogP contribution in [0.25, 0.3) is 0 Å². The molecule has 108 valence electrons. The first-order chi connectivity index (χ1) is 9.35. The van der Waals surface area contributed by atoms with Crippen LogP contribution in [0.4, 0.5) is 5.69 Å². The maximum atomic E-state index is 12.2. The van der Waals surface area contributed by atoms with E-state index in [1.54, 1.807) is 50.4 Å². The number of amides is 1. The van der Waals surface area contributed by atoms with Crippen molar-refractivity contribution in [3.05, 3.63) is 35.4 Å². The minimum atomic E-state index is -3.58. The summed E-state index contributed by atoms with van der Waals surface area (Å²) in [5.74, 6) is -0.200. The molecule has 6 nitrogen and oxygen atoms in total. The first kappa shape index (κ1) is 14.4. The second-order valence-corrected chi connectivity index (χ2v) is 6.56. The maximum Gasteiger partial charge on any atom is 0.272 e. The first-order valence-corrected chi connectivity index (χ1v) is 7.57. The number of hydrogen-bond donors (Lipinski definition) is 0. The Bertz CT molecular complexity index is 647. The average Bonchev–Trinajstić information content (AvgIpc) is 2.62. The Labute approximate surface area is 118 Å². The summed E-state index contributed by atoms with van der Waals surface area (Å²) in [6.07, 6.45) is 1.33. The van der Waals surface area contributed by atoms with Gasteiger partial charge in [-0.2, -0.15) is 0 Å². The van der Waals surface area contributed by atoms with E-state index in [1.807, 2.05) is 0 Å². The number of methoxy groups -OCH3 is 1. The van der Waals surface area contributed by atoms with Crippen molar-refractivity contribution in [2.45, 2.75) is 0 Å². The van der Waals surface area contributed by atoms with E-state index in [0.29, 0.717) is 11.4 Å². The lowest BCUT2D eigenvalue weighted by Crippen LogP contribution is -2.25. The molecule has 0 bridgehead atoms. The van der Waals surface area contributed by atoms with Crippen molar-refractivity contribution in [1.29, 1.82) is 0 Å². The third-order valence-electron chi connectivity index (χ3n) is 2.85. The largest absolute Gasteiger partial charge is 0.497 e. The van der Waals surface area contributed by atoms with Crippen LogP contribution in [-0.4, -0.2) is 46.3 Å². The van der Waals surface area contributed by atoms with Crippen LogP contribution in [0.3, 0.4) is 0 Å². The van der Waals surface area contributed by atoms with Crippen molar-refractivity contribution in [2.24, 2.45) is 0 Å². The zero-order valence-electron chi connectivity index (χ0n) is 11.5. The fourth-order valence-electron chi connectivity index (χ4n) is 1.89. The van der Waals surface area contributed by atoms with E-state index in [0.717, 1.165) is 0 Å². The summed E-state index contributed by atoms with van der Waals surface area (Å²) >= 11 is 0. The predicted molar refractivity (Wildman–Crippen MR) is 76.0 cm³/mol. The van der Waals surface area contributed by atoms with Crippen LogP contribution in [0.15, 0.2) is 35.4 Å². The molecule has 1 aliphatic heterocycles. The highest BCUT2D eigenvalue weighted by Crippen LogP contribution is 2.28. The Hall–Kier alpha value is -2.02. The molecule has 1 fully saturated rings. The second kappa shape index (κ2) is 5.16. The van der Waals surface area contributed by atoms with Gasteiger partial charge in [0.1, 0.15) is 16.5 Å². The van der Waals surface area contributed by atoms with E-state index in [1.165, 1.54) is 11.1 Å². The Kier molecular flexibility index (Phi) is 3.71. The zero-order chi connectivity index (χ0) is 14.9. The molecule has 0 unspecified atom stereocenters.